The summed E-state index contributed by atoms with van der Waals surface area (Å²) in [6.45, 7) is 6.20. The first kappa shape index (κ1) is 20.0. The van der Waals surface area contributed by atoms with Crippen LogP contribution in [-0.4, -0.2) is 55.9 Å². The first-order valence-corrected chi connectivity index (χ1v) is 10.0. The summed E-state index contributed by atoms with van der Waals surface area (Å²) in [4.78, 5) is 21.1. The first-order valence-electron chi connectivity index (χ1n) is 9.25. The monoisotopic (exact) mass is 434 g/mol. The van der Waals surface area contributed by atoms with Crippen molar-refractivity contribution >= 4 is 23.2 Å². The predicted octanol–water partition coefficient (Wildman–Crippen LogP) is 2.68. The van der Waals surface area contributed by atoms with Crippen LogP contribution in [0.15, 0.2) is 39.8 Å². The van der Waals surface area contributed by atoms with Crippen molar-refractivity contribution in [3.8, 4) is 11.4 Å². The van der Waals surface area contributed by atoms with E-state index in [4.69, 9.17) is 27.7 Å². The highest BCUT2D eigenvalue weighted by atomic mass is 35.5. The fourth-order valence-corrected chi connectivity index (χ4v) is 3.54. The van der Waals surface area contributed by atoms with Gasteiger partial charge in [-0.3, -0.25) is 14.6 Å². The largest absolute Gasteiger partial charge is 0.338 e. The van der Waals surface area contributed by atoms with E-state index in [1.54, 1.807) is 0 Å². The molecule has 1 fully saturated rings. The number of nitrogens with zero attached hydrogens (tertiary/aromatic N) is 6. The van der Waals surface area contributed by atoms with Gasteiger partial charge in [0.25, 0.3) is 5.56 Å². The number of piperazine rings is 1. The van der Waals surface area contributed by atoms with Crippen molar-refractivity contribution < 1.29 is 4.52 Å². The fraction of sp³-hybridized carbons (Fsp3) is 0.368. The van der Waals surface area contributed by atoms with Gasteiger partial charge in [0, 0.05) is 31.7 Å². The Bertz CT molecular complexity index is 1060. The van der Waals surface area contributed by atoms with Crippen molar-refractivity contribution in [2.45, 2.75) is 20.1 Å². The molecule has 10 heteroatoms. The van der Waals surface area contributed by atoms with Gasteiger partial charge in [-0.05, 0) is 12.5 Å². The van der Waals surface area contributed by atoms with E-state index in [2.05, 4.69) is 25.0 Å². The van der Waals surface area contributed by atoms with Crippen molar-refractivity contribution in [1.29, 1.82) is 0 Å². The smallest absolute Gasteiger partial charge is 0.288 e. The van der Waals surface area contributed by atoms with Crippen LogP contribution in [0.4, 0.5) is 0 Å². The molecule has 0 aliphatic carbocycles. The van der Waals surface area contributed by atoms with Gasteiger partial charge in [-0.25, -0.2) is 4.68 Å². The van der Waals surface area contributed by atoms with Crippen LogP contribution < -0.4 is 5.56 Å². The minimum absolute atomic E-state index is 0.00107. The molecule has 0 amide bonds. The number of hydrogen-bond acceptors (Lipinski definition) is 7. The number of hydrogen-bond donors (Lipinski definition) is 0. The number of benzene rings is 1. The molecule has 0 N–H and O–H groups in total. The van der Waals surface area contributed by atoms with E-state index in [1.165, 1.54) is 10.9 Å². The molecule has 1 aliphatic rings. The molecule has 8 nitrogen and oxygen atoms in total. The molecule has 0 atom stereocenters. The Kier molecular flexibility index (Phi) is 5.96. The van der Waals surface area contributed by atoms with Gasteiger partial charge in [0.15, 0.2) is 0 Å². The van der Waals surface area contributed by atoms with Crippen LogP contribution in [0.5, 0.6) is 0 Å². The van der Waals surface area contributed by atoms with Gasteiger partial charge in [0.1, 0.15) is 5.02 Å². The lowest BCUT2D eigenvalue weighted by molar-refractivity contribution is 0.0898. The molecule has 0 radical (unpaired) electrons. The number of aryl methyl sites for hydroxylation is 1. The zero-order valence-corrected chi connectivity index (χ0v) is 17.4. The summed E-state index contributed by atoms with van der Waals surface area (Å²) >= 11 is 11.7. The number of aromatic nitrogens is 4. The lowest BCUT2D eigenvalue weighted by atomic mass is 10.1. The van der Waals surface area contributed by atoms with Crippen LogP contribution in [0.1, 0.15) is 11.5 Å². The van der Waals surface area contributed by atoms with E-state index in [1.807, 2.05) is 31.2 Å². The topological polar surface area (TPSA) is 80.3 Å². The second-order valence-corrected chi connectivity index (χ2v) is 7.76. The Hall–Kier alpha value is -2.26. The third kappa shape index (κ3) is 4.51. The van der Waals surface area contributed by atoms with Crippen LogP contribution in [0.2, 0.25) is 10.0 Å². The molecule has 1 aromatic carbocycles. The Morgan fingerprint density at radius 2 is 1.83 bits per heavy atom. The minimum Gasteiger partial charge on any atom is -0.338 e. The summed E-state index contributed by atoms with van der Waals surface area (Å²) in [6, 6.07) is 7.97. The third-order valence-electron chi connectivity index (χ3n) is 4.95. The van der Waals surface area contributed by atoms with Crippen molar-refractivity contribution in [3.05, 3.63) is 62.3 Å². The highest BCUT2D eigenvalue weighted by molar-refractivity contribution is 6.41. The van der Waals surface area contributed by atoms with E-state index in [9.17, 15) is 4.79 Å². The van der Waals surface area contributed by atoms with Gasteiger partial charge >= 0.3 is 0 Å². The van der Waals surface area contributed by atoms with Crippen LogP contribution in [0, 0.1) is 6.92 Å². The molecule has 152 valence electrons. The average Bonchev–Trinajstić information content (AvgIpc) is 3.18. The van der Waals surface area contributed by atoms with Gasteiger partial charge in [-0.2, -0.15) is 10.1 Å². The first-order chi connectivity index (χ1) is 14.0. The van der Waals surface area contributed by atoms with E-state index in [0.29, 0.717) is 24.9 Å². The van der Waals surface area contributed by atoms with Crippen molar-refractivity contribution in [2.75, 3.05) is 26.2 Å². The summed E-state index contributed by atoms with van der Waals surface area (Å²) < 4.78 is 6.77. The molecule has 2 aromatic heterocycles. The normalized spacial score (nSPS) is 15.7. The zero-order chi connectivity index (χ0) is 20.4. The maximum atomic E-state index is 12.1. The maximum absolute atomic E-state index is 12.1. The molecule has 0 spiro atoms. The van der Waals surface area contributed by atoms with Gasteiger partial charge in [0.05, 0.1) is 24.4 Å². The molecule has 0 unspecified atom stereocenters. The summed E-state index contributed by atoms with van der Waals surface area (Å²) in [5.41, 5.74) is 1.71. The minimum atomic E-state index is -0.379. The van der Waals surface area contributed by atoms with E-state index >= 15 is 0 Å². The lowest BCUT2D eigenvalue weighted by Crippen LogP contribution is -2.47. The van der Waals surface area contributed by atoms with Gasteiger partial charge in [-0.1, -0.05) is 52.6 Å². The summed E-state index contributed by atoms with van der Waals surface area (Å²) in [5, 5.41) is 8.34. The molecular weight excluding hydrogens is 415 g/mol. The molecular formula is C19H20Cl2N6O2. The standard InChI is InChI=1S/C19H20Cl2N6O2/c1-13-4-2-3-5-14(13)18-23-16(29-24-18)11-25-6-8-26(9-7-25)12-27-19(28)17(21)15(20)10-22-27/h2-5,10H,6-9,11-12H2,1H3. The van der Waals surface area contributed by atoms with Crippen molar-refractivity contribution in [3.63, 3.8) is 0 Å². The summed E-state index contributed by atoms with van der Waals surface area (Å²) in [6.07, 6.45) is 1.39. The second kappa shape index (κ2) is 8.62. The molecule has 0 bridgehead atoms. The van der Waals surface area contributed by atoms with E-state index < -0.39 is 0 Å². The molecule has 0 saturated carbocycles. The van der Waals surface area contributed by atoms with Gasteiger partial charge < -0.3 is 4.52 Å². The number of rotatable bonds is 5. The van der Waals surface area contributed by atoms with Crippen LogP contribution in [0.25, 0.3) is 11.4 Å². The Labute approximate surface area is 177 Å². The molecule has 3 heterocycles. The quantitative estimate of drug-likeness (QED) is 0.610. The van der Waals surface area contributed by atoms with E-state index in [-0.39, 0.29) is 15.6 Å². The van der Waals surface area contributed by atoms with Gasteiger partial charge in [-0.15, -0.1) is 0 Å². The fourth-order valence-electron chi connectivity index (χ4n) is 3.27. The predicted molar refractivity (Wildman–Crippen MR) is 110 cm³/mol. The maximum Gasteiger partial charge on any atom is 0.288 e. The summed E-state index contributed by atoms with van der Waals surface area (Å²) in [7, 11) is 0. The Morgan fingerprint density at radius 3 is 2.59 bits per heavy atom. The van der Waals surface area contributed by atoms with Crippen LogP contribution in [0.3, 0.4) is 0 Å². The van der Waals surface area contributed by atoms with Crippen molar-refractivity contribution in [2.24, 2.45) is 0 Å². The SMILES string of the molecule is Cc1ccccc1-c1noc(CN2CCN(Cn3ncc(Cl)c(Cl)c3=O)CC2)n1. The average molecular weight is 435 g/mol. The molecule has 29 heavy (non-hydrogen) atoms. The Morgan fingerprint density at radius 1 is 1.10 bits per heavy atom. The highest BCUT2D eigenvalue weighted by Crippen LogP contribution is 2.20. The van der Waals surface area contributed by atoms with Crippen LogP contribution >= 0.6 is 23.2 Å². The zero-order valence-electron chi connectivity index (χ0n) is 15.9. The van der Waals surface area contributed by atoms with Crippen LogP contribution in [-0.2, 0) is 13.2 Å². The molecule has 1 aliphatic heterocycles. The molecule has 3 aromatic rings. The lowest BCUT2D eigenvalue weighted by Gasteiger charge is -2.33. The molecule has 1 saturated heterocycles. The third-order valence-corrected chi connectivity index (χ3v) is 5.70. The van der Waals surface area contributed by atoms with Gasteiger partial charge in [0.2, 0.25) is 11.7 Å². The Balaban J connectivity index is 1.33. The second-order valence-electron chi connectivity index (χ2n) is 6.97. The number of halogens is 2. The van der Waals surface area contributed by atoms with E-state index in [0.717, 1.165) is 37.3 Å². The van der Waals surface area contributed by atoms with Crippen molar-refractivity contribution in [1.82, 2.24) is 29.7 Å². The summed E-state index contributed by atoms with van der Waals surface area (Å²) in [5.74, 6) is 1.21. The highest BCUT2D eigenvalue weighted by Gasteiger charge is 2.21. The molecule has 4 rings (SSSR count).